The van der Waals surface area contributed by atoms with E-state index < -0.39 is 37.3 Å². The first-order valence-electron chi connectivity index (χ1n) is 6.99. The minimum absolute atomic E-state index is 0.490. The van der Waals surface area contributed by atoms with E-state index in [0.717, 1.165) is 10.0 Å². The summed E-state index contributed by atoms with van der Waals surface area (Å²) in [4.78, 5) is 0. The van der Waals surface area contributed by atoms with Gasteiger partial charge in [-0.25, -0.2) is 4.68 Å². The van der Waals surface area contributed by atoms with Gasteiger partial charge in [-0.3, -0.25) is 0 Å². The summed E-state index contributed by atoms with van der Waals surface area (Å²) in [6, 6.07) is 7.43. The second-order valence-electron chi connectivity index (χ2n) is 5.31. The highest BCUT2D eigenvalue weighted by molar-refractivity contribution is 9.10. The molecule has 0 bridgehead atoms. The average Bonchev–Trinajstić information content (AvgIpc) is 3.03. The van der Waals surface area contributed by atoms with Gasteiger partial charge in [0.1, 0.15) is 30.1 Å². The molecule has 4 N–H and O–H groups in total. The van der Waals surface area contributed by atoms with Gasteiger partial charge in [0.05, 0.1) is 12.8 Å². The highest BCUT2D eigenvalue weighted by Crippen LogP contribution is 2.29. The van der Waals surface area contributed by atoms with Crippen LogP contribution in [0.4, 0.5) is 0 Å². The van der Waals surface area contributed by atoms with Gasteiger partial charge in [-0.1, -0.05) is 33.3 Å². The maximum absolute atomic E-state index is 10.1. The van der Waals surface area contributed by atoms with Crippen LogP contribution in [0.5, 0.6) is 0 Å². The fraction of sp³-hybridized carbons (Fsp3) is 0.429. The maximum Gasteiger partial charge on any atom is 0.180 e. The van der Waals surface area contributed by atoms with Crippen molar-refractivity contribution in [1.29, 1.82) is 0 Å². The first kappa shape index (κ1) is 16.5. The number of aliphatic hydroxyl groups is 4. The van der Waals surface area contributed by atoms with Gasteiger partial charge in [-0.05, 0) is 12.1 Å². The quantitative estimate of drug-likeness (QED) is 0.571. The Balaban J connectivity index is 1.85. The third-order valence-corrected chi connectivity index (χ3v) is 4.31. The standard InChI is InChI=1S/C14H16BrN3O5/c15-8-3-1-7(2-4-8)9-5-18(17-16-9)14-13(22)12(21)11(20)10(6-19)23-14/h1-5,10-14,19-22H,6H2/t10-,11-,12+,13-,14-/m1/s1. The van der Waals surface area contributed by atoms with Gasteiger partial charge in [-0.2, -0.15) is 0 Å². The molecule has 124 valence electrons. The van der Waals surface area contributed by atoms with E-state index in [4.69, 9.17) is 4.74 Å². The zero-order valence-electron chi connectivity index (χ0n) is 11.9. The molecule has 2 aromatic rings. The van der Waals surface area contributed by atoms with E-state index in [1.165, 1.54) is 4.68 Å². The number of halogens is 1. The Kier molecular flexibility index (Phi) is 4.76. The Labute approximate surface area is 140 Å². The fourth-order valence-electron chi connectivity index (χ4n) is 2.45. The van der Waals surface area contributed by atoms with Gasteiger partial charge in [-0.15, -0.1) is 5.10 Å². The van der Waals surface area contributed by atoms with Crippen LogP contribution in [0, 0.1) is 0 Å². The lowest BCUT2D eigenvalue weighted by molar-refractivity contribution is -0.254. The summed E-state index contributed by atoms with van der Waals surface area (Å²) in [6.07, 6.45) is -4.73. The number of aliphatic hydroxyl groups excluding tert-OH is 4. The smallest absolute Gasteiger partial charge is 0.180 e. The molecule has 1 aliphatic rings. The molecule has 0 aliphatic carbocycles. The van der Waals surface area contributed by atoms with Crippen LogP contribution in [0.3, 0.4) is 0 Å². The third-order valence-electron chi connectivity index (χ3n) is 3.78. The molecule has 1 saturated heterocycles. The molecule has 0 spiro atoms. The second kappa shape index (κ2) is 6.63. The van der Waals surface area contributed by atoms with E-state index in [1.807, 2.05) is 24.3 Å². The summed E-state index contributed by atoms with van der Waals surface area (Å²) in [5.41, 5.74) is 1.39. The first-order valence-corrected chi connectivity index (χ1v) is 7.79. The molecule has 3 rings (SSSR count). The second-order valence-corrected chi connectivity index (χ2v) is 6.23. The van der Waals surface area contributed by atoms with E-state index >= 15 is 0 Å². The van der Waals surface area contributed by atoms with E-state index in [1.54, 1.807) is 6.20 Å². The lowest BCUT2D eigenvalue weighted by atomic mass is 9.98. The van der Waals surface area contributed by atoms with Crippen molar-refractivity contribution in [2.75, 3.05) is 6.61 Å². The Hall–Kier alpha value is -1.36. The molecule has 0 radical (unpaired) electrons. The molecular formula is C14H16BrN3O5. The topological polar surface area (TPSA) is 121 Å². The highest BCUT2D eigenvalue weighted by atomic mass is 79.9. The molecular weight excluding hydrogens is 370 g/mol. The molecule has 1 fully saturated rings. The summed E-state index contributed by atoms with van der Waals surface area (Å²) in [5.74, 6) is 0. The minimum atomic E-state index is -1.45. The van der Waals surface area contributed by atoms with Crippen molar-refractivity contribution in [3.63, 3.8) is 0 Å². The summed E-state index contributed by atoms with van der Waals surface area (Å²) >= 11 is 3.35. The molecule has 9 heteroatoms. The number of rotatable bonds is 3. The van der Waals surface area contributed by atoms with Crippen LogP contribution in [-0.2, 0) is 4.74 Å². The number of aromatic nitrogens is 3. The van der Waals surface area contributed by atoms with Gasteiger partial charge in [0.15, 0.2) is 6.23 Å². The molecule has 0 amide bonds. The van der Waals surface area contributed by atoms with Crippen molar-refractivity contribution < 1.29 is 25.2 Å². The largest absolute Gasteiger partial charge is 0.394 e. The van der Waals surface area contributed by atoms with Crippen molar-refractivity contribution >= 4 is 15.9 Å². The third kappa shape index (κ3) is 3.16. The summed E-state index contributed by atoms with van der Waals surface area (Å²) < 4.78 is 7.62. The number of benzene rings is 1. The van der Waals surface area contributed by atoms with Crippen LogP contribution in [0.25, 0.3) is 11.3 Å². The lowest BCUT2D eigenvalue weighted by Crippen LogP contribution is -2.56. The summed E-state index contributed by atoms with van der Waals surface area (Å²) in [7, 11) is 0. The first-order chi connectivity index (χ1) is 11.0. The number of nitrogens with zero attached hydrogens (tertiary/aromatic N) is 3. The highest BCUT2D eigenvalue weighted by Gasteiger charge is 2.44. The monoisotopic (exact) mass is 385 g/mol. The van der Waals surface area contributed by atoms with Gasteiger partial charge in [0.25, 0.3) is 0 Å². The molecule has 23 heavy (non-hydrogen) atoms. The van der Waals surface area contributed by atoms with Crippen molar-refractivity contribution in [2.24, 2.45) is 0 Å². The normalized spacial score (nSPS) is 31.3. The van der Waals surface area contributed by atoms with E-state index in [0.29, 0.717) is 5.69 Å². The predicted molar refractivity (Wildman–Crippen MR) is 82.2 cm³/mol. The molecule has 8 nitrogen and oxygen atoms in total. The van der Waals surface area contributed by atoms with Crippen molar-refractivity contribution in [2.45, 2.75) is 30.6 Å². The molecule has 0 unspecified atom stereocenters. The molecule has 1 aromatic heterocycles. The Morgan fingerprint density at radius 2 is 1.78 bits per heavy atom. The van der Waals surface area contributed by atoms with Crippen molar-refractivity contribution in [3.8, 4) is 11.3 Å². The SMILES string of the molecule is OC[C@H]1O[C@@H](n2cc(-c3ccc(Br)cc3)nn2)[C@H](O)[C@@H](O)[C@@H]1O. The number of ether oxygens (including phenoxy) is 1. The van der Waals surface area contributed by atoms with E-state index in [2.05, 4.69) is 26.2 Å². The number of hydrogen-bond donors (Lipinski definition) is 4. The van der Waals surface area contributed by atoms with E-state index in [9.17, 15) is 20.4 Å². The van der Waals surface area contributed by atoms with E-state index in [-0.39, 0.29) is 0 Å². The summed E-state index contributed by atoms with van der Waals surface area (Å²) in [6.45, 7) is -0.490. The Bertz CT molecular complexity index is 663. The van der Waals surface area contributed by atoms with Crippen LogP contribution in [0.2, 0.25) is 0 Å². The molecule has 2 heterocycles. The minimum Gasteiger partial charge on any atom is -0.394 e. The van der Waals surface area contributed by atoms with Crippen molar-refractivity contribution in [1.82, 2.24) is 15.0 Å². The van der Waals surface area contributed by atoms with Gasteiger partial charge < -0.3 is 25.2 Å². The zero-order chi connectivity index (χ0) is 16.6. The van der Waals surface area contributed by atoms with Gasteiger partial charge in [0, 0.05) is 10.0 Å². The lowest BCUT2D eigenvalue weighted by Gasteiger charge is -2.39. The molecule has 5 atom stereocenters. The van der Waals surface area contributed by atoms with Crippen LogP contribution in [0.1, 0.15) is 6.23 Å². The van der Waals surface area contributed by atoms with Crippen molar-refractivity contribution in [3.05, 3.63) is 34.9 Å². The Morgan fingerprint density at radius 3 is 2.43 bits per heavy atom. The molecule has 1 aromatic carbocycles. The maximum atomic E-state index is 10.1. The summed E-state index contributed by atoms with van der Waals surface area (Å²) in [5, 5.41) is 46.8. The van der Waals surface area contributed by atoms with Gasteiger partial charge in [0.2, 0.25) is 0 Å². The van der Waals surface area contributed by atoms with Crippen LogP contribution in [-0.4, -0.2) is 66.4 Å². The average molecular weight is 386 g/mol. The van der Waals surface area contributed by atoms with Crippen LogP contribution >= 0.6 is 15.9 Å². The van der Waals surface area contributed by atoms with Crippen LogP contribution < -0.4 is 0 Å². The predicted octanol–water partition coefficient (Wildman–Crippen LogP) is -0.320. The van der Waals surface area contributed by atoms with Crippen LogP contribution in [0.15, 0.2) is 34.9 Å². The molecule has 1 aliphatic heterocycles. The fourth-order valence-corrected chi connectivity index (χ4v) is 2.72. The Morgan fingerprint density at radius 1 is 1.09 bits per heavy atom. The number of hydrogen-bond acceptors (Lipinski definition) is 7. The zero-order valence-corrected chi connectivity index (χ0v) is 13.5. The van der Waals surface area contributed by atoms with Gasteiger partial charge >= 0.3 is 0 Å². The molecule has 0 saturated carbocycles.